The lowest BCUT2D eigenvalue weighted by Gasteiger charge is -2.50. The van der Waals surface area contributed by atoms with E-state index in [2.05, 4.69) is 5.32 Å². The second kappa shape index (κ2) is 9.67. The SMILES string of the molecule is CN(C)c1cc(CNCC(=O)O)c(O)c2c1C[C@H]1C[C@H]3[C@H](N(C)C)C(O)=C(C(N)=O)C(=O)[C@@]3(O)C(O)=C1C2=O. The lowest BCUT2D eigenvalue weighted by Crippen LogP contribution is -2.63. The predicted octanol–water partition coefficient (Wildman–Crippen LogP) is -0.639. The summed E-state index contributed by atoms with van der Waals surface area (Å²) in [5.41, 5.74) is 2.68. The minimum atomic E-state index is -2.72. The zero-order valence-electron chi connectivity index (χ0n) is 22.0. The molecule has 4 atom stereocenters. The quantitative estimate of drug-likeness (QED) is 0.214. The number of nitrogens with one attached hydrogen (secondary N) is 1. The van der Waals surface area contributed by atoms with Crippen LogP contribution in [-0.2, 0) is 27.3 Å². The van der Waals surface area contributed by atoms with Crippen molar-refractivity contribution >= 4 is 29.1 Å². The van der Waals surface area contributed by atoms with E-state index in [9.17, 15) is 39.6 Å². The van der Waals surface area contributed by atoms with Crippen LogP contribution in [0.15, 0.2) is 28.7 Å². The molecule has 0 heterocycles. The number of nitrogens with two attached hydrogens (primary N) is 1. The normalized spacial score (nSPS) is 26.4. The Bertz CT molecular complexity index is 1360. The summed E-state index contributed by atoms with van der Waals surface area (Å²) in [4.78, 5) is 53.5. The van der Waals surface area contributed by atoms with Gasteiger partial charge in [0.2, 0.25) is 5.78 Å². The molecule has 39 heavy (non-hydrogen) atoms. The molecule has 0 spiro atoms. The first-order chi connectivity index (χ1) is 18.1. The maximum absolute atomic E-state index is 13.9. The van der Waals surface area contributed by atoms with Gasteiger partial charge in [0.15, 0.2) is 11.4 Å². The van der Waals surface area contributed by atoms with Crippen LogP contribution in [0, 0.1) is 11.8 Å². The molecule has 0 radical (unpaired) electrons. The number of nitrogens with zero attached hydrogens (tertiary/aromatic N) is 2. The van der Waals surface area contributed by atoms with Crippen LogP contribution in [-0.4, -0.2) is 100 Å². The molecule has 4 rings (SSSR count). The minimum absolute atomic E-state index is 0.0126. The molecular weight excluding hydrogens is 512 g/mol. The van der Waals surface area contributed by atoms with Gasteiger partial charge in [-0.3, -0.25) is 24.1 Å². The number of benzene rings is 1. The first-order valence-electron chi connectivity index (χ1n) is 12.3. The van der Waals surface area contributed by atoms with Gasteiger partial charge in [-0.25, -0.2) is 0 Å². The first-order valence-corrected chi connectivity index (χ1v) is 12.3. The van der Waals surface area contributed by atoms with E-state index in [0.29, 0.717) is 11.3 Å². The highest BCUT2D eigenvalue weighted by molar-refractivity contribution is 6.25. The first kappa shape index (κ1) is 28.1. The van der Waals surface area contributed by atoms with E-state index >= 15 is 0 Å². The van der Waals surface area contributed by atoms with Crippen molar-refractivity contribution in [2.45, 2.75) is 31.0 Å². The summed E-state index contributed by atoms with van der Waals surface area (Å²) in [6, 6.07) is 0.574. The molecular formula is C26H32N4O9. The number of allylic oxidation sites excluding steroid dienone is 1. The molecule has 0 unspecified atom stereocenters. The molecule has 3 aliphatic rings. The molecule has 210 valence electrons. The standard InChI is InChI=1S/C26H32N4O9/c1-29(2)14-7-11(8-28-9-15(31)32)20(33)17-12(14)5-10-6-13-19(30(3)4)22(35)18(25(27)38)24(37)26(13,39)23(36)16(10)21(17)34/h7,10,13,19,28,33,35-36,39H,5-6,8-9H2,1-4H3,(H2,27,38)(H,31,32)/t10-,13-,19-,26-/m0/s1. The third-order valence-corrected chi connectivity index (χ3v) is 7.85. The highest BCUT2D eigenvalue weighted by Crippen LogP contribution is 2.53. The van der Waals surface area contributed by atoms with E-state index in [-0.39, 0.29) is 42.6 Å². The number of amides is 1. The molecule has 0 fully saturated rings. The fourth-order valence-electron chi connectivity index (χ4n) is 6.19. The Kier molecular flexibility index (Phi) is 6.96. The van der Waals surface area contributed by atoms with Gasteiger partial charge in [0.1, 0.15) is 22.8 Å². The fourth-order valence-corrected chi connectivity index (χ4v) is 6.19. The van der Waals surface area contributed by atoms with Crippen LogP contribution in [0.4, 0.5) is 5.69 Å². The number of aliphatic hydroxyl groups is 3. The largest absolute Gasteiger partial charge is 0.510 e. The molecule has 13 nitrogen and oxygen atoms in total. The Morgan fingerprint density at radius 1 is 1.15 bits per heavy atom. The van der Waals surface area contributed by atoms with Crippen molar-refractivity contribution < 1.29 is 44.7 Å². The number of rotatable bonds is 7. The van der Waals surface area contributed by atoms with E-state index in [4.69, 9.17) is 10.8 Å². The van der Waals surface area contributed by atoms with Crippen molar-refractivity contribution in [2.24, 2.45) is 17.6 Å². The summed E-state index contributed by atoms with van der Waals surface area (Å²) in [5.74, 6) is -8.29. The molecule has 13 heteroatoms. The number of anilines is 1. The van der Waals surface area contributed by atoms with Crippen LogP contribution in [0.5, 0.6) is 5.75 Å². The number of Topliss-reactive ketones (excluding diaryl/α,β-unsaturated/α-hetero) is 2. The van der Waals surface area contributed by atoms with Gasteiger partial charge in [-0.2, -0.15) is 0 Å². The van der Waals surface area contributed by atoms with Gasteiger partial charge in [-0.05, 0) is 44.5 Å². The fraction of sp³-hybridized carbons (Fsp3) is 0.462. The Morgan fingerprint density at radius 2 is 1.79 bits per heavy atom. The number of hydrogen-bond acceptors (Lipinski definition) is 11. The summed E-state index contributed by atoms with van der Waals surface area (Å²) >= 11 is 0. The molecule has 0 saturated heterocycles. The molecule has 0 bridgehead atoms. The number of phenols is 1. The van der Waals surface area contributed by atoms with Crippen LogP contribution < -0.4 is 16.0 Å². The van der Waals surface area contributed by atoms with Gasteiger partial charge >= 0.3 is 5.97 Å². The molecule has 1 aromatic rings. The van der Waals surface area contributed by atoms with E-state index in [1.54, 1.807) is 39.2 Å². The summed E-state index contributed by atoms with van der Waals surface area (Å²) in [6.45, 7) is -0.461. The van der Waals surface area contributed by atoms with E-state index < -0.39 is 69.8 Å². The van der Waals surface area contributed by atoms with Crippen molar-refractivity contribution in [3.8, 4) is 5.75 Å². The maximum atomic E-state index is 13.9. The van der Waals surface area contributed by atoms with Gasteiger partial charge in [-0.1, -0.05) is 0 Å². The number of likely N-dealkylation sites (N-methyl/N-ethyl adjacent to an activating group) is 1. The number of aromatic hydroxyl groups is 1. The van der Waals surface area contributed by atoms with Crippen molar-refractivity contribution in [3.63, 3.8) is 0 Å². The Balaban J connectivity index is 1.92. The van der Waals surface area contributed by atoms with E-state index in [1.165, 1.54) is 4.90 Å². The van der Waals surface area contributed by atoms with Crippen molar-refractivity contribution in [3.05, 3.63) is 45.4 Å². The molecule has 1 amide bonds. The third kappa shape index (κ3) is 4.13. The van der Waals surface area contributed by atoms with Crippen LogP contribution >= 0.6 is 0 Å². The number of phenolic OH excluding ortho intramolecular Hbond substituents is 1. The zero-order valence-corrected chi connectivity index (χ0v) is 22.0. The minimum Gasteiger partial charge on any atom is -0.510 e. The number of ketones is 2. The van der Waals surface area contributed by atoms with Crippen LogP contribution in [0.2, 0.25) is 0 Å². The molecule has 0 aromatic heterocycles. The average Bonchev–Trinajstić information content (AvgIpc) is 2.81. The third-order valence-electron chi connectivity index (χ3n) is 7.85. The number of carbonyl (C=O) groups excluding carboxylic acids is 3. The van der Waals surface area contributed by atoms with Crippen molar-refractivity contribution in [2.75, 3.05) is 39.6 Å². The lowest BCUT2D eigenvalue weighted by atomic mass is 9.58. The van der Waals surface area contributed by atoms with Crippen LogP contribution in [0.1, 0.15) is 27.9 Å². The average molecular weight is 545 g/mol. The molecule has 0 saturated carbocycles. The van der Waals surface area contributed by atoms with Gasteiger partial charge in [0.05, 0.1) is 18.2 Å². The lowest BCUT2D eigenvalue weighted by molar-refractivity contribution is -0.148. The Hall–Kier alpha value is -3.94. The number of carboxylic acids is 1. The topological polar surface area (TPSA) is 214 Å². The Labute approximate surface area is 223 Å². The van der Waals surface area contributed by atoms with Crippen molar-refractivity contribution in [1.29, 1.82) is 0 Å². The Morgan fingerprint density at radius 3 is 2.33 bits per heavy atom. The van der Waals surface area contributed by atoms with Gasteiger partial charge in [-0.15, -0.1) is 0 Å². The molecule has 3 aliphatic carbocycles. The number of aliphatic hydroxyl groups excluding tert-OH is 2. The molecule has 1 aromatic carbocycles. The molecule has 8 N–H and O–H groups in total. The summed E-state index contributed by atoms with van der Waals surface area (Å²) in [6.07, 6.45) is 0.139. The van der Waals surface area contributed by atoms with Crippen LogP contribution in [0.25, 0.3) is 0 Å². The summed E-state index contributed by atoms with van der Waals surface area (Å²) < 4.78 is 0. The number of carbonyl (C=O) groups is 4. The highest BCUT2D eigenvalue weighted by Gasteiger charge is 2.63. The van der Waals surface area contributed by atoms with E-state index in [1.807, 2.05) is 0 Å². The smallest absolute Gasteiger partial charge is 0.317 e. The monoisotopic (exact) mass is 544 g/mol. The van der Waals surface area contributed by atoms with E-state index in [0.717, 1.165) is 0 Å². The highest BCUT2D eigenvalue weighted by atomic mass is 16.4. The number of hydrogen-bond donors (Lipinski definition) is 7. The zero-order chi connectivity index (χ0) is 29.1. The van der Waals surface area contributed by atoms with Gasteiger partial charge in [0.25, 0.3) is 5.91 Å². The summed E-state index contributed by atoms with van der Waals surface area (Å²) in [7, 11) is 6.61. The van der Waals surface area contributed by atoms with Crippen LogP contribution in [0.3, 0.4) is 0 Å². The second-order valence-electron chi connectivity index (χ2n) is 10.6. The second-order valence-corrected chi connectivity index (χ2v) is 10.6. The summed E-state index contributed by atoms with van der Waals surface area (Å²) in [5, 5.41) is 56.6. The predicted molar refractivity (Wildman–Crippen MR) is 137 cm³/mol. The number of carboxylic acid groups (broad SMARTS) is 1. The van der Waals surface area contributed by atoms with Gasteiger partial charge in [0, 0.05) is 43.4 Å². The number of fused-ring (bicyclic) bond motifs is 3. The maximum Gasteiger partial charge on any atom is 0.317 e. The van der Waals surface area contributed by atoms with Crippen molar-refractivity contribution in [1.82, 2.24) is 10.2 Å². The number of primary amides is 1. The van der Waals surface area contributed by atoms with Gasteiger partial charge < -0.3 is 41.5 Å². The number of aliphatic carboxylic acids is 1. The molecule has 0 aliphatic heterocycles.